The Morgan fingerprint density at radius 1 is 1.03 bits per heavy atom. The third kappa shape index (κ3) is 9.87. The van der Waals surface area contributed by atoms with Gasteiger partial charge in [0.25, 0.3) is 0 Å². The molecule has 0 aromatic heterocycles. The van der Waals surface area contributed by atoms with Crippen molar-refractivity contribution in [3.8, 4) is 5.75 Å². The van der Waals surface area contributed by atoms with E-state index in [0.717, 1.165) is 24.4 Å². The Balaban J connectivity index is 0.00000341. The van der Waals surface area contributed by atoms with Gasteiger partial charge in [-0.1, -0.05) is 49.6 Å². The molecule has 1 aliphatic carbocycles. The second-order valence-corrected chi connectivity index (χ2v) is 8.27. The summed E-state index contributed by atoms with van der Waals surface area (Å²) in [5.41, 5.74) is 2.25. The summed E-state index contributed by atoms with van der Waals surface area (Å²) in [4.78, 5) is 0. The summed E-state index contributed by atoms with van der Waals surface area (Å²) < 4.78 is 5.56. The average Bonchev–Trinajstić information content (AvgIpc) is 2.78. The molecule has 1 saturated carbocycles. The number of aliphatic hydroxyl groups excluding tert-OH is 1. The van der Waals surface area contributed by atoms with Crippen LogP contribution in [0, 0.1) is 0 Å². The van der Waals surface area contributed by atoms with Gasteiger partial charge in [-0.3, -0.25) is 0 Å². The molecule has 0 spiro atoms. The summed E-state index contributed by atoms with van der Waals surface area (Å²) in [6.45, 7) is 1.59. The molecule has 0 unspecified atom stereocenters. The third-order valence-electron chi connectivity index (χ3n) is 5.31. The number of hydrogen-bond acceptors (Lipinski definition) is 4. The minimum Gasteiger partial charge on any atom is -0.491 e. The van der Waals surface area contributed by atoms with Crippen LogP contribution in [0.3, 0.4) is 0 Å². The zero-order valence-electron chi connectivity index (χ0n) is 17.9. The van der Waals surface area contributed by atoms with Gasteiger partial charge in [-0.2, -0.15) is 0 Å². The van der Waals surface area contributed by atoms with Gasteiger partial charge in [0.2, 0.25) is 0 Å². The lowest BCUT2D eigenvalue weighted by Gasteiger charge is -2.24. The first-order valence-electron chi connectivity index (χ1n) is 10.9. The van der Waals surface area contributed by atoms with Crippen LogP contribution in [0.15, 0.2) is 54.6 Å². The number of nitrogens with one attached hydrogen (secondary N) is 3. The Hall–Kier alpha value is -1.86. The van der Waals surface area contributed by atoms with E-state index in [4.69, 9.17) is 17.0 Å². The van der Waals surface area contributed by atoms with Crippen LogP contribution in [0.5, 0.6) is 5.75 Å². The zero-order valence-corrected chi connectivity index (χ0v) is 19.5. The number of para-hydroxylation sites is 1. The van der Waals surface area contributed by atoms with E-state index in [0.29, 0.717) is 17.7 Å². The third-order valence-corrected chi connectivity index (χ3v) is 5.53. The molecule has 0 heterocycles. The van der Waals surface area contributed by atoms with E-state index in [2.05, 4.69) is 40.2 Å². The van der Waals surface area contributed by atoms with E-state index >= 15 is 0 Å². The summed E-state index contributed by atoms with van der Waals surface area (Å²) in [6.07, 6.45) is 6.71. The summed E-state index contributed by atoms with van der Waals surface area (Å²) in [6, 6.07) is 18.4. The van der Waals surface area contributed by atoms with E-state index in [1.807, 2.05) is 30.3 Å². The minimum absolute atomic E-state index is 0. The van der Waals surface area contributed by atoms with Crippen LogP contribution >= 0.6 is 24.6 Å². The SMILES string of the molecule is Cl.O[C@@H](CNCCc1ccc(NC(=S)NC2CCCCC2)cc1)COc1ccccc1. The maximum atomic E-state index is 10.0. The van der Waals surface area contributed by atoms with Gasteiger partial charge in [0, 0.05) is 18.3 Å². The fraction of sp³-hybridized carbons (Fsp3) is 0.458. The Kier molecular flexibility index (Phi) is 11.7. The van der Waals surface area contributed by atoms with E-state index < -0.39 is 6.10 Å². The lowest BCUT2D eigenvalue weighted by molar-refractivity contribution is 0.106. The Morgan fingerprint density at radius 2 is 1.74 bits per heavy atom. The standard InChI is InChI=1S/C24H33N3O2S.ClH/c28-22(18-29-23-9-5-2-6-10-23)17-25-16-15-19-11-13-21(14-12-19)27-24(30)26-20-7-3-1-4-8-20;/h2,5-6,9-14,20,22,25,28H,1,3-4,7-8,15-18H2,(H2,26,27,30);1H/t22-;/m0./s1. The Bertz CT molecular complexity index is 755. The molecule has 1 aliphatic rings. The number of benzene rings is 2. The van der Waals surface area contributed by atoms with Crippen molar-refractivity contribution in [1.29, 1.82) is 0 Å². The van der Waals surface area contributed by atoms with Crippen LogP contribution in [0.2, 0.25) is 0 Å². The van der Waals surface area contributed by atoms with Crippen molar-refractivity contribution in [2.24, 2.45) is 0 Å². The molecule has 7 heteroatoms. The fourth-order valence-corrected chi connectivity index (χ4v) is 3.91. The van der Waals surface area contributed by atoms with E-state index in [9.17, 15) is 5.11 Å². The van der Waals surface area contributed by atoms with Crippen LogP contribution in [0.1, 0.15) is 37.7 Å². The maximum Gasteiger partial charge on any atom is 0.170 e. The molecule has 0 aliphatic heterocycles. The molecule has 2 aromatic carbocycles. The monoisotopic (exact) mass is 463 g/mol. The highest BCUT2D eigenvalue weighted by Crippen LogP contribution is 2.18. The topological polar surface area (TPSA) is 65.5 Å². The number of aliphatic hydroxyl groups is 1. The summed E-state index contributed by atoms with van der Waals surface area (Å²) in [5.74, 6) is 0.777. The summed E-state index contributed by atoms with van der Waals surface area (Å²) >= 11 is 5.45. The van der Waals surface area contributed by atoms with E-state index in [1.54, 1.807) is 0 Å². The molecule has 1 fully saturated rings. The minimum atomic E-state index is -0.533. The lowest BCUT2D eigenvalue weighted by atomic mass is 9.96. The van der Waals surface area contributed by atoms with Crippen molar-refractivity contribution >= 4 is 35.4 Å². The predicted octanol–water partition coefficient (Wildman–Crippen LogP) is 4.30. The molecule has 4 N–H and O–H groups in total. The van der Waals surface area contributed by atoms with Gasteiger partial charge < -0.3 is 25.8 Å². The van der Waals surface area contributed by atoms with Crippen LogP contribution in [0.25, 0.3) is 0 Å². The molecular formula is C24H34ClN3O2S. The molecule has 2 aromatic rings. The predicted molar refractivity (Wildman–Crippen MR) is 134 cm³/mol. The number of halogens is 1. The van der Waals surface area contributed by atoms with Crippen LogP contribution in [0.4, 0.5) is 5.69 Å². The highest BCUT2D eigenvalue weighted by molar-refractivity contribution is 7.80. The Morgan fingerprint density at radius 3 is 2.45 bits per heavy atom. The first-order chi connectivity index (χ1) is 14.7. The van der Waals surface area contributed by atoms with Crippen LogP contribution < -0.4 is 20.7 Å². The lowest BCUT2D eigenvalue weighted by Crippen LogP contribution is -2.38. The molecule has 170 valence electrons. The van der Waals surface area contributed by atoms with Crippen LogP contribution in [-0.2, 0) is 6.42 Å². The highest BCUT2D eigenvalue weighted by Gasteiger charge is 2.13. The van der Waals surface area contributed by atoms with Gasteiger partial charge in [0.1, 0.15) is 18.5 Å². The normalized spacial score (nSPS) is 14.9. The summed E-state index contributed by atoms with van der Waals surface area (Å²) in [5, 5.41) is 20.7. The number of thiocarbonyl (C=S) groups is 1. The van der Waals surface area contributed by atoms with Gasteiger partial charge in [-0.15, -0.1) is 12.4 Å². The van der Waals surface area contributed by atoms with Crippen molar-refractivity contribution < 1.29 is 9.84 Å². The second kappa shape index (κ2) is 14.2. The van der Waals surface area contributed by atoms with Crippen molar-refractivity contribution in [2.45, 2.75) is 50.7 Å². The van der Waals surface area contributed by atoms with E-state index in [-0.39, 0.29) is 19.0 Å². The molecule has 0 amide bonds. The molecular weight excluding hydrogens is 430 g/mol. The number of rotatable bonds is 10. The van der Waals surface area contributed by atoms with Gasteiger partial charge in [0.05, 0.1) is 0 Å². The van der Waals surface area contributed by atoms with Crippen molar-refractivity contribution in [2.75, 3.05) is 25.0 Å². The number of hydrogen-bond donors (Lipinski definition) is 4. The molecule has 0 radical (unpaired) electrons. The quantitative estimate of drug-likeness (QED) is 0.311. The zero-order chi connectivity index (χ0) is 21.0. The average molecular weight is 464 g/mol. The number of anilines is 1. The molecule has 0 saturated heterocycles. The molecule has 3 rings (SSSR count). The van der Waals surface area contributed by atoms with Gasteiger partial charge in [-0.25, -0.2) is 0 Å². The first-order valence-corrected chi connectivity index (χ1v) is 11.3. The fourth-order valence-electron chi connectivity index (χ4n) is 3.62. The summed E-state index contributed by atoms with van der Waals surface area (Å²) in [7, 11) is 0. The second-order valence-electron chi connectivity index (χ2n) is 7.86. The maximum absolute atomic E-state index is 10.0. The smallest absolute Gasteiger partial charge is 0.170 e. The first kappa shape index (κ1) is 25.4. The molecule has 5 nitrogen and oxygen atoms in total. The number of ether oxygens (including phenoxy) is 1. The van der Waals surface area contributed by atoms with Crippen LogP contribution in [-0.4, -0.2) is 42.1 Å². The van der Waals surface area contributed by atoms with Gasteiger partial charge >= 0.3 is 0 Å². The Labute approximate surface area is 197 Å². The van der Waals surface area contributed by atoms with Crippen molar-refractivity contribution in [3.05, 3.63) is 60.2 Å². The largest absolute Gasteiger partial charge is 0.491 e. The molecule has 1 atom stereocenters. The van der Waals surface area contributed by atoms with Crippen molar-refractivity contribution in [1.82, 2.24) is 10.6 Å². The van der Waals surface area contributed by atoms with Crippen molar-refractivity contribution in [3.63, 3.8) is 0 Å². The molecule has 0 bridgehead atoms. The van der Waals surface area contributed by atoms with E-state index in [1.165, 1.54) is 37.7 Å². The highest BCUT2D eigenvalue weighted by atomic mass is 35.5. The molecule has 31 heavy (non-hydrogen) atoms. The van der Waals surface area contributed by atoms with Gasteiger partial charge in [-0.05, 0) is 67.9 Å². The van der Waals surface area contributed by atoms with Gasteiger partial charge in [0.15, 0.2) is 5.11 Å².